The molecular weight excluding hydrogens is 346 g/mol. The largest absolute Gasteiger partial charge is 0.419 e. The molecule has 8 heteroatoms. The van der Waals surface area contributed by atoms with Gasteiger partial charge in [0, 0.05) is 11.6 Å². The molecule has 2 aromatic heterocycles. The second-order valence-electron chi connectivity index (χ2n) is 6.84. The van der Waals surface area contributed by atoms with Crippen LogP contribution in [-0.4, -0.2) is 45.8 Å². The third-order valence-corrected chi connectivity index (χ3v) is 4.35. The van der Waals surface area contributed by atoms with Crippen molar-refractivity contribution in [2.75, 3.05) is 13.6 Å². The summed E-state index contributed by atoms with van der Waals surface area (Å²) in [6.07, 6.45) is 2.15. The molecule has 0 saturated heterocycles. The zero-order valence-electron chi connectivity index (χ0n) is 15.3. The number of carbonyl (C=O) groups is 1. The average molecular weight is 367 g/mol. The fourth-order valence-electron chi connectivity index (χ4n) is 2.87. The number of aromatic nitrogens is 3. The predicted molar refractivity (Wildman–Crippen MR) is 97.5 cm³/mol. The summed E-state index contributed by atoms with van der Waals surface area (Å²) in [6.45, 7) is 2.48. The second-order valence-corrected chi connectivity index (χ2v) is 6.84. The average Bonchev–Trinajstić information content (AvgIpc) is 3.20. The molecule has 1 N–H and O–H groups in total. The highest BCUT2D eigenvalue weighted by Crippen LogP contribution is 2.33. The van der Waals surface area contributed by atoms with Crippen molar-refractivity contribution in [3.8, 4) is 22.7 Å². The molecule has 1 fully saturated rings. The van der Waals surface area contributed by atoms with E-state index in [9.17, 15) is 4.79 Å². The normalized spacial score (nSPS) is 13.9. The minimum Gasteiger partial charge on any atom is -0.419 e. The van der Waals surface area contributed by atoms with Gasteiger partial charge in [-0.05, 0) is 26.8 Å². The Balaban J connectivity index is 1.48. The summed E-state index contributed by atoms with van der Waals surface area (Å²) in [5.74, 6) is 1.42. The molecule has 0 unspecified atom stereocenters. The molecule has 3 aromatic rings. The number of benzene rings is 1. The van der Waals surface area contributed by atoms with Crippen LogP contribution in [0.3, 0.4) is 0 Å². The molecule has 0 spiro atoms. The van der Waals surface area contributed by atoms with E-state index in [2.05, 4.69) is 20.7 Å². The van der Waals surface area contributed by atoms with Crippen LogP contribution in [0.15, 0.2) is 39.3 Å². The monoisotopic (exact) mass is 367 g/mol. The molecule has 140 valence electrons. The van der Waals surface area contributed by atoms with Crippen LogP contribution in [0.2, 0.25) is 0 Å². The van der Waals surface area contributed by atoms with Crippen LogP contribution >= 0.6 is 0 Å². The van der Waals surface area contributed by atoms with Crippen LogP contribution < -0.4 is 5.32 Å². The van der Waals surface area contributed by atoms with Gasteiger partial charge >= 0.3 is 0 Å². The number of likely N-dealkylation sites (N-methyl/N-ethyl adjacent to an activating group) is 1. The van der Waals surface area contributed by atoms with Gasteiger partial charge in [0.05, 0.1) is 13.1 Å². The van der Waals surface area contributed by atoms with Crippen molar-refractivity contribution in [1.82, 2.24) is 25.6 Å². The Hall–Kier alpha value is -3.00. The van der Waals surface area contributed by atoms with Gasteiger partial charge in [0.1, 0.15) is 17.0 Å². The molecule has 1 aliphatic carbocycles. The lowest BCUT2D eigenvalue weighted by Crippen LogP contribution is -2.36. The van der Waals surface area contributed by atoms with Crippen molar-refractivity contribution in [2.24, 2.45) is 0 Å². The lowest BCUT2D eigenvalue weighted by Gasteiger charge is -2.13. The Morgan fingerprint density at radius 1 is 1.26 bits per heavy atom. The first-order valence-corrected chi connectivity index (χ1v) is 8.92. The van der Waals surface area contributed by atoms with Gasteiger partial charge in [-0.3, -0.25) is 9.69 Å². The minimum atomic E-state index is 0.0148. The Bertz CT molecular complexity index is 930. The maximum atomic E-state index is 11.9. The fraction of sp³-hybridized carbons (Fsp3) is 0.368. The number of amides is 1. The van der Waals surface area contributed by atoms with E-state index in [1.807, 2.05) is 49.2 Å². The van der Waals surface area contributed by atoms with E-state index in [-0.39, 0.29) is 12.5 Å². The summed E-state index contributed by atoms with van der Waals surface area (Å²) in [7, 11) is 1.84. The summed E-state index contributed by atoms with van der Waals surface area (Å²) in [6, 6.07) is 10.1. The molecule has 0 radical (unpaired) electrons. The van der Waals surface area contributed by atoms with Gasteiger partial charge in [0.2, 0.25) is 11.8 Å². The lowest BCUT2D eigenvalue weighted by molar-refractivity contribution is -0.122. The maximum Gasteiger partial charge on any atom is 0.253 e. The predicted octanol–water partition coefficient (Wildman–Crippen LogP) is 2.41. The van der Waals surface area contributed by atoms with Crippen molar-refractivity contribution < 1.29 is 13.7 Å². The van der Waals surface area contributed by atoms with E-state index in [1.54, 1.807) is 0 Å². The SMILES string of the molecule is Cc1onc(-c2ccccc2)c1-c1nnc(CN(C)CC(=O)NC2CC2)o1. The van der Waals surface area contributed by atoms with E-state index in [0.29, 0.717) is 41.4 Å². The Morgan fingerprint density at radius 3 is 2.78 bits per heavy atom. The molecule has 1 amide bonds. The standard InChI is InChI=1S/C19H21N5O3/c1-12-17(18(23-27-12)13-6-4-3-5-7-13)19-22-21-16(26-19)11-24(2)10-15(25)20-14-8-9-14/h3-7,14H,8-11H2,1-2H3,(H,20,25). The van der Waals surface area contributed by atoms with Gasteiger partial charge in [-0.25, -0.2) is 0 Å². The van der Waals surface area contributed by atoms with Gasteiger partial charge in [-0.15, -0.1) is 10.2 Å². The maximum absolute atomic E-state index is 11.9. The summed E-state index contributed by atoms with van der Waals surface area (Å²) in [5.41, 5.74) is 2.27. The van der Waals surface area contributed by atoms with Crippen molar-refractivity contribution in [2.45, 2.75) is 32.4 Å². The number of nitrogens with one attached hydrogen (secondary N) is 1. The van der Waals surface area contributed by atoms with Crippen LogP contribution in [-0.2, 0) is 11.3 Å². The number of rotatable bonds is 7. The summed E-state index contributed by atoms with van der Waals surface area (Å²) < 4.78 is 11.2. The van der Waals surface area contributed by atoms with Crippen molar-refractivity contribution >= 4 is 5.91 Å². The molecule has 1 aromatic carbocycles. The van der Waals surface area contributed by atoms with Crippen LogP contribution in [0.25, 0.3) is 22.7 Å². The first-order chi connectivity index (χ1) is 13.1. The molecular formula is C19H21N5O3. The van der Waals surface area contributed by atoms with E-state index >= 15 is 0 Å². The topological polar surface area (TPSA) is 97.3 Å². The number of aryl methyl sites for hydroxylation is 1. The highest BCUT2D eigenvalue weighted by molar-refractivity contribution is 5.78. The van der Waals surface area contributed by atoms with E-state index in [1.165, 1.54) is 0 Å². The molecule has 1 saturated carbocycles. The van der Waals surface area contributed by atoms with Crippen LogP contribution in [0.1, 0.15) is 24.5 Å². The second kappa shape index (κ2) is 7.32. The molecule has 1 aliphatic rings. The zero-order valence-corrected chi connectivity index (χ0v) is 15.3. The highest BCUT2D eigenvalue weighted by Gasteiger charge is 2.24. The van der Waals surface area contributed by atoms with Crippen molar-refractivity contribution in [1.29, 1.82) is 0 Å². The molecule has 2 heterocycles. The number of nitrogens with zero attached hydrogens (tertiary/aromatic N) is 4. The minimum absolute atomic E-state index is 0.0148. The molecule has 0 aliphatic heterocycles. The van der Waals surface area contributed by atoms with E-state index in [4.69, 9.17) is 8.94 Å². The molecule has 27 heavy (non-hydrogen) atoms. The first kappa shape index (κ1) is 17.4. The van der Waals surface area contributed by atoms with Crippen LogP contribution in [0.5, 0.6) is 0 Å². The Labute approximate surface area is 156 Å². The Morgan fingerprint density at radius 2 is 2.04 bits per heavy atom. The smallest absolute Gasteiger partial charge is 0.253 e. The van der Waals surface area contributed by atoms with Gasteiger partial charge in [0.25, 0.3) is 5.89 Å². The van der Waals surface area contributed by atoms with Crippen molar-refractivity contribution in [3.05, 3.63) is 42.0 Å². The zero-order chi connectivity index (χ0) is 18.8. The molecule has 0 atom stereocenters. The van der Waals surface area contributed by atoms with Crippen LogP contribution in [0.4, 0.5) is 0 Å². The van der Waals surface area contributed by atoms with E-state index in [0.717, 1.165) is 18.4 Å². The first-order valence-electron chi connectivity index (χ1n) is 8.92. The summed E-state index contributed by atoms with van der Waals surface area (Å²) in [5, 5.41) is 15.4. The molecule has 0 bridgehead atoms. The van der Waals surface area contributed by atoms with Gasteiger partial charge in [-0.2, -0.15) is 0 Å². The molecule has 8 nitrogen and oxygen atoms in total. The van der Waals surface area contributed by atoms with Crippen molar-refractivity contribution in [3.63, 3.8) is 0 Å². The van der Waals surface area contributed by atoms with Crippen LogP contribution in [0, 0.1) is 6.92 Å². The third-order valence-electron chi connectivity index (χ3n) is 4.35. The van der Waals surface area contributed by atoms with E-state index < -0.39 is 0 Å². The number of hydrogen-bond acceptors (Lipinski definition) is 7. The van der Waals surface area contributed by atoms with Gasteiger partial charge in [-0.1, -0.05) is 35.5 Å². The lowest BCUT2D eigenvalue weighted by atomic mass is 10.1. The third kappa shape index (κ3) is 4.06. The number of carbonyl (C=O) groups excluding carboxylic acids is 1. The number of hydrogen-bond donors (Lipinski definition) is 1. The quantitative estimate of drug-likeness (QED) is 0.685. The summed E-state index contributed by atoms with van der Waals surface area (Å²) in [4.78, 5) is 13.7. The summed E-state index contributed by atoms with van der Waals surface area (Å²) >= 11 is 0. The highest BCUT2D eigenvalue weighted by atomic mass is 16.5. The molecule has 4 rings (SSSR count). The Kier molecular flexibility index (Phi) is 4.72. The van der Waals surface area contributed by atoms with Gasteiger partial charge < -0.3 is 14.3 Å². The fourth-order valence-corrected chi connectivity index (χ4v) is 2.87. The van der Waals surface area contributed by atoms with Gasteiger partial charge in [0.15, 0.2) is 0 Å².